The summed E-state index contributed by atoms with van der Waals surface area (Å²) in [5, 5.41) is 0. The Balaban J connectivity index is 2.07. The number of methoxy groups -OCH3 is 1. The molecule has 0 atom stereocenters. The van der Waals surface area contributed by atoms with Crippen LogP contribution >= 0.6 is 0 Å². The topological polar surface area (TPSA) is 63.7 Å². The van der Waals surface area contributed by atoms with Gasteiger partial charge in [0.05, 0.1) is 7.11 Å². The fraction of sp³-hybridized carbons (Fsp3) is 0.357. The molecule has 1 aromatic rings. The van der Waals surface area contributed by atoms with E-state index in [9.17, 15) is 13.2 Å². The minimum absolute atomic E-state index is 0.295. The van der Waals surface area contributed by atoms with Crippen LogP contribution < -0.4 is 0 Å². The molecule has 0 radical (unpaired) electrons. The van der Waals surface area contributed by atoms with E-state index in [0.717, 1.165) is 11.1 Å². The molecule has 0 amide bonds. The molecule has 0 bridgehead atoms. The van der Waals surface area contributed by atoms with E-state index < -0.39 is 21.7 Å². The maximum Gasteiger partial charge on any atom is 0.322 e. The Morgan fingerprint density at radius 2 is 2.00 bits per heavy atom. The predicted molar refractivity (Wildman–Crippen MR) is 76.4 cm³/mol. The molecular formula is C14H17NO4S. The van der Waals surface area contributed by atoms with E-state index in [0.29, 0.717) is 19.5 Å². The highest BCUT2D eigenvalue weighted by atomic mass is 32.2. The first-order valence-electron chi connectivity index (χ1n) is 6.32. The number of ether oxygens (including phenoxy) is 1. The van der Waals surface area contributed by atoms with Crippen LogP contribution in [0.25, 0.3) is 5.57 Å². The Labute approximate surface area is 118 Å². The molecule has 20 heavy (non-hydrogen) atoms. The lowest BCUT2D eigenvalue weighted by molar-refractivity contribution is -0.137. The largest absolute Gasteiger partial charge is 0.468 e. The summed E-state index contributed by atoms with van der Waals surface area (Å²) in [6.45, 7) is 0.684. The van der Waals surface area contributed by atoms with Gasteiger partial charge in [-0.25, -0.2) is 8.42 Å². The highest BCUT2D eigenvalue weighted by molar-refractivity contribution is 7.89. The van der Waals surface area contributed by atoms with E-state index in [1.165, 1.54) is 11.4 Å². The average molecular weight is 295 g/mol. The number of sulfonamides is 1. The molecule has 2 rings (SSSR count). The van der Waals surface area contributed by atoms with Crippen molar-refractivity contribution in [3.05, 3.63) is 42.0 Å². The van der Waals surface area contributed by atoms with Crippen molar-refractivity contribution in [1.29, 1.82) is 0 Å². The second kappa shape index (κ2) is 6.19. The molecule has 0 saturated heterocycles. The third kappa shape index (κ3) is 3.46. The smallest absolute Gasteiger partial charge is 0.322 e. The SMILES string of the molecule is COC(=O)CS(=O)(=O)N1CC=C(c2ccccc2)CC1. The fourth-order valence-corrected chi connectivity index (χ4v) is 3.39. The number of benzene rings is 1. The Hall–Kier alpha value is -1.66. The number of nitrogens with zero attached hydrogens (tertiary/aromatic N) is 1. The highest BCUT2D eigenvalue weighted by Gasteiger charge is 2.27. The second-order valence-electron chi connectivity index (χ2n) is 4.54. The van der Waals surface area contributed by atoms with E-state index in [4.69, 9.17) is 0 Å². The zero-order valence-corrected chi connectivity index (χ0v) is 12.1. The first-order valence-corrected chi connectivity index (χ1v) is 7.93. The maximum atomic E-state index is 12.0. The normalized spacial score (nSPS) is 16.6. The minimum Gasteiger partial charge on any atom is -0.468 e. The summed E-state index contributed by atoms with van der Waals surface area (Å²) in [5.41, 5.74) is 2.24. The lowest BCUT2D eigenvalue weighted by Gasteiger charge is -2.25. The van der Waals surface area contributed by atoms with Gasteiger partial charge in [-0.3, -0.25) is 4.79 Å². The fourth-order valence-electron chi connectivity index (χ4n) is 2.12. The molecule has 108 valence electrons. The van der Waals surface area contributed by atoms with E-state index in [-0.39, 0.29) is 0 Å². The second-order valence-corrected chi connectivity index (χ2v) is 6.50. The number of rotatable bonds is 4. The van der Waals surface area contributed by atoms with Gasteiger partial charge in [0.25, 0.3) is 0 Å². The maximum absolute atomic E-state index is 12.0. The number of hydrogen-bond acceptors (Lipinski definition) is 4. The van der Waals surface area contributed by atoms with Gasteiger partial charge in [0.15, 0.2) is 5.75 Å². The lowest BCUT2D eigenvalue weighted by Crippen LogP contribution is -2.38. The van der Waals surface area contributed by atoms with Crippen LogP contribution in [0.2, 0.25) is 0 Å². The molecular weight excluding hydrogens is 278 g/mol. The van der Waals surface area contributed by atoms with Gasteiger partial charge in [0.1, 0.15) is 0 Å². The summed E-state index contributed by atoms with van der Waals surface area (Å²) in [6.07, 6.45) is 2.54. The van der Waals surface area contributed by atoms with Crippen LogP contribution in [0.4, 0.5) is 0 Å². The Kier molecular flexibility index (Phi) is 4.57. The van der Waals surface area contributed by atoms with Gasteiger partial charge in [-0.1, -0.05) is 36.4 Å². The molecule has 0 aromatic heterocycles. The standard InChI is InChI=1S/C14H17NO4S/c1-19-14(16)11-20(17,18)15-9-7-13(8-10-15)12-5-3-2-4-6-12/h2-7H,8-11H2,1H3. The monoisotopic (exact) mass is 295 g/mol. The average Bonchev–Trinajstić information content (AvgIpc) is 2.48. The van der Waals surface area contributed by atoms with Gasteiger partial charge in [-0.15, -0.1) is 0 Å². The van der Waals surface area contributed by atoms with E-state index in [1.54, 1.807) is 0 Å². The summed E-state index contributed by atoms with van der Waals surface area (Å²) in [4.78, 5) is 11.1. The highest BCUT2D eigenvalue weighted by Crippen LogP contribution is 2.23. The Bertz CT molecular complexity index is 607. The van der Waals surface area contributed by atoms with Crippen molar-refractivity contribution >= 4 is 21.6 Å². The van der Waals surface area contributed by atoms with Crippen LogP contribution in [0.3, 0.4) is 0 Å². The van der Waals surface area contributed by atoms with Crippen LogP contribution in [0.5, 0.6) is 0 Å². The third-order valence-corrected chi connectivity index (χ3v) is 4.96. The van der Waals surface area contributed by atoms with Crippen LogP contribution in [0, 0.1) is 0 Å². The van der Waals surface area contributed by atoms with Crippen molar-refractivity contribution in [3.63, 3.8) is 0 Å². The molecule has 1 aliphatic heterocycles. The van der Waals surface area contributed by atoms with Crippen molar-refractivity contribution in [2.45, 2.75) is 6.42 Å². The Morgan fingerprint density at radius 1 is 1.30 bits per heavy atom. The number of hydrogen-bond donors (Lipinski definition) is 0. The molecule has 1 heterocycles. The number of esters is 1. The molecule has 0 fully saturated rings. The summed E-state index contributed by atoms with van der Waals surface area (Å²) < 4.78 is 29.7. The molecule has 5 nitrogen and oxygen atoms in total. The molecule has 0 saturated carbocycles. The van der Waals surface area contributed by atoms with Gasteiger partial charge in [-0.2, -0.15) is 4.31 Å². The number of carbonyl (C=O) groups is 1. The zero-order chi connectivity index (χ0) is 14.6. The first-order chi connectivity index (χ1) is 9.53. The van der Waals surface area contributed by atoms with Crippen LogP contribution in [-0.4, -0.2) is 44.6 Å². The molecule has 6 heteroatoms. The molecule has 0 spiro atoms. The molecule has 0 N–H and O–H groups in total. The van der Waals surface area contributed by atoms with Crippen LogP contribution in [0.15, 0.2) is 36.4 Å². The van der Waals surface area contributed by atoms with Crippen molar-refractivity contribution in [2.24, 2.45) is 0 Å². The minimum atomic E-state index is -3.59. The molecule has 0 unspecified atom stereocenters. The van der Waals surface area contributed by atoms with E-state index >= 15 is 0 Å². The summed E-state index contributed by atoms with van der Waals surface area (Å²) in [6, 6.07) is 9.86. The zero-order valence-electron chi connectivity index (χ0n) is 11.3. The van der Waals surface area contributed by atoms with Crippen molar-refractivity contribution in [2.75, 3.05) is 26.0 Å². The Morgan fingerprint density at radius 3 is 2.55 bits per heavy atom. The van der Waals surface area contributed by atoms with Crippen LogP contribution in [0.1, 0.15) is 12.0 Å². The van der Waals surface area contributed by atoms with Gasteiger partial charge < -0.3 is 4.74 Å². The third-order valence-electron chi connectivity index (χ3n) is 3.24. The van der Waals surface area contributed by atoms with E-state index in [2.05, 4.69) is 4.74 Å². The van der Waals surface area contributed by atoms with Gasteiger partial charge in [-0.05, 0) is 17.6 Å². The van der Waals surface area contributed by atoms with Crippen molar-refractivity contribution in [1.82, 2.24) is 4.31 Å². The molecule has 0 aliphatic carbocycles. The first kappa shape index (κ1) is 14.7. The van der Waals surface area contributed by atoms with Crippen LogP contribution in [-0.2, 0) is 19.6 Å². The summed E-state index contributed by atoms with van der Waals surface area (Å²) in [5.74, 6) is -1.33. The summed E-state index contributed by atoms with van der Waals surface area (Å²) >= 11 is 0. The number of carbonyl (C=O) groups excluding carboxylic acids is 1. The molecule has 1 aromatic carbocycles. The van der Waals surface area contributed by atoms with Gasteiger partial charge in [0, 0.05) is 13.1 Å². The van der Waals surface area contributed by atoms with Crippen molar-refractivity contribution < 1.29 is 17.9 Å². The molecule has 1 aliphatic rings. The van der Waals surface area contributed by atoms with Gasteiger partial charge >= 0.3 is 5.97 Å². The quantitative estimate of drug-likeness (QED) is 0.785. The lowest BCUT2D eigenvalue weighted by atomic mass is 10.0. The van der Waals surface area contributed by atoms with Crippen molar-refractivity contribution in [3.8, 4) is 0 Å². The predicted octanol–water partition coefficient (Wildman–Crippen LogP) is 1.28. The van der Waals surface area contributed by atoms with Gasteiger partial charge in [0.2, 0.25) is 10.0 Å². The van der Waals surface area contributed by atoms with E-state index in [1.807, 2.05) is 36.4 Å². The summed E-state index contributed by atoms with van der Waals surface area (Å²) in [7, 11) is -2.40.